The van der Waals surface area contributed by atoms with Gasteiger partial charge in [-0.25, -0.2) is 4.79 Å². The average molecular weight is 335 g/mol. The summed E-state index contributed by atoms with van der Waals surface area (Å²) in [7, 11) is 1.29. The topological polar surface area (TPSA) is 59.8 Å². The quantitative estimate of drug-likeness (QED) is 0.663. The normalized spacial score (nSPS) is 10.3. The Bertz CT molecular complexity index is 856. The second-order valence-electron chi connectivity index (χ2n) is 5.34. The van der Waals surface area contributed by atoms with Crippen LogP contribution in [0, 0.1) is 0 Å². The number of ether oxygens (including phenoxy) is 1. The van der Waals surface area contributed by atoms with Crippen LogP contribution in [0.25, 0.3) is 0 Å². The zero-order chi connectivity index (χ0) is 17.6. The molecule has 2 aromatic carbocycles. The van der Waals surface area contributed by atoms with Crippen LogP contribution in [-0.4, -0.2) is 19.0 Å². The summed E-state index contributed by atoms with van der Waals surface area (Å²) in [5, 5.41) is 0. The smallest absolute Gasteiger partial charge is 0.338 e. The second kappa shape index (κ2) is 7.49. The first kappa shape index (κ1) is 16.5. The van der Waals surface area contributed by atoms with Crippen molar-refractivity contribution in [3.63, 3.8) is 0 Å². The summed E-state index contributed by atoms with van der Waals surface area (Å²) in [5.41, 5.74) is 1.23. The van der Waals surface area contributed by atoms with Gasteiger partial charge in [-0.3, -0.25) is 4.79 Å². The van der Waals surface area contributed by atoms with E-state index in [1.165, 1.54) is 7.11 Å². The number of hydrogen-bond acceptors (Lipinski definition) is 4. The highest BCUT2D eigenvalue weighted by molar-refractivity contribution is 6.12. The van der Waals surface area contributed by atoms with E-state index in [4.69, 9.17) is 9.15 Å². The first-order chi connectivity index (χ1) is 12.2. The molecular formula is C20H17NO4. The van der Waals surface area contributed by atoms with Gasteiger partial charge in [-0.2, -0.15) is 0 Å². The lowest BCUT2D eigenvalue weighted by Crippen LogP contribution is -2.31. The van der Waals surface area contributed by atoms with E-state index in [0.29, 0.717) is 11.4 Å². The number of rotatable bonds is 5. The molecule has 0 saturated heterocycles. The Labute approximate surface area is 145 Å². The van der Waals surface area contributed by atoms with E-state index in [2.05, 4.69) is 0 Å². The van der Waals surface area contributed by atoms with Gasteiger partial charge in [0, 0.05) is 5.69 Å². The van der Waals surface area contributed by atoms with E-state index in [1.54, 1.807) is 47.6 Å². The fraction of sp³-hybridized carbons (Fsp3) is 0.100. The molecule has 25 heavy (non-hydrogen) atoms. The van der Waals surface area contributed by atoms with E-state index in [9.17, 15) is 9.59 Å². The summed E-state index contributed by atoms with van der Waals surface area (Å²) in [4.78, 5) is 26.8. The monoisotopic (exact) mass is 335 g/mol. The van der Waals surface area contributed by atoms with Crippen LogP contribution in [0.4, 0.5) is 5.69 Å². The predicted octanol–water partition coefficient (Wildman–Crippen LogP) is 3.91. The molecule has 1 heterocycles. The first-order valence-corrected chi connectivity index (χ1v) is 7.77. The Morgan fingerprint density at radius 2 is 1.60 bits per heavy atom. The summed E-state index contributed by atoms with van der Waals surface area (Å²) in [5.74, 6) is -0.202. The minimum atomic E-state index is -0.546. The summed E-state index contributed by atoms with van der Waals surface area (Å²) in [6, 6.07) is 19.4. The van der Waals surface area contributed by atoms with Crippen molar-refractivity contribution in [1.82, 2.24) is 0 Å². The third-order valence-electron chi connectivity index (χ3n) is 3.77. The molecule has 0 fully saturated rings. The molecule has 1 aromatic heterocycles. The van der Waals surface area contributed by atoms with Gasteiger partial charge in [0.2, 0.25) is 0 Å². The van der Waals surface area contributed by atoms with Gasteiger partial charge in [0.15, 0.2) is 0 Å². The average Bonchev–Trinajstić information content (AvgIpc) is 3.19. The van der Waals surface area contributed by atoms with Gasteiger partial charge in [-0.1, -0.05) is 30.3 Å². The van der Waals surface area contributed by atoms with Crippen molar-refractivity contribution in [3.05, 3.63) is 89.9 Å². The van der Waals surface area contributed by atoms with Gasteiger partial charge < -0.3 is 14.1 Å². The summed E-state index contributed by atoms with van der Waals surface area (Å²) in [6.45, 7) is 0.255. The number of benzene rings is 2. The molecule has 5 heteroatoms. The Hall–Kier alpha value is -3.34. The molecule has 0 N–H and O–H groups in total. The first-order valence-electron chi connectivity index (χ1n) is 7.77. The third-order valence-corrected chi connectivity index (χ3v) is 3.77. The molecule has 126 valence electrons. The lowest BCUT2D eigenvalue weighted by molar-refractivity contribution is 0.0597. The molecule has 0 radical (unpaired) electrons. The van der Waals surface area contributed by atoms with Crippen LogP contribution in [0.3, 0.4) is 0 Å². The van der Waals surface area contributed by atoms with Crippen molar-refractivity contribution in [2.24, 2.45) is 0 Å². The van der Waals surface area contributed by atoms with Crippen LogP contribution in [0.1, 0.15) is 26.5 Å². The van der Waals surface area contributed by atoms with Gasteiger partial charge in [-0.05, 0) is 36.4 Å². The molecule has 3 aromatic rings. The number of hydrogen-bond donors (Lipinski definition) is 0. The highest BCUT2D eigenvalue weighted by atomic mass is 16.5. The minimum absolute atomic E-state index is 0.232. The molecule has 0 aliphatic rings. The zero-order valence-corrected chi connectivity index (χ0v) is 13.7. The lowest BCUT2D eigenvalue weighted by atomic mass is 10.1. The number of esters is 1. The summed E-state index contributed by atoms with van der Waals surface area (Å²) in [6.07, 6.45) is 1.56. The number of para-hydroxylation sites is 1. The Balaban J connectivity index is 2.02. The van der Waals surface area contributed by atoms with Crippen LogP contribution >= 0.6 is 0 Å². The maximum atomic E-state index is 13.2. The molecule has 1 amide bonds. The van der Waals surface area contributed by atoms with E-state index in [-0.39, 0.29) is 23.6 Å². The SMILES string of the molecule is COC(=O)c1ccccc1C(=O)N(Cc1ccco1)c1ccccc1. The predicted molar refractivity (Wildman–Crippen MR) is 93.4 cm³/mol. The van der Waals surface area contributed by atoms with Gasteiger partial charge in [0.05, 0.1) is 31.0 Å². The van der Waals surface area contributed by atoms with E-state index >= 15 is 0 Å². The van der Waals surface area contributed by atoms with E-state index in [1.807, 2.05) is 30.3 Å². The Morgan fingerprint density at radius 1 is 0.920 bits per heavy atom. The van der Waals surface area contributed by atoms with Gasteiger partial charge in [0.1, 0.15) is 5.76 Å². The van der Waals surface area contributed by atoms with Crippen molar-refractivity contribution < 1.29 is 18.7 Å². The van der Waals surface area contributed by atoms with E-state index < -0.39 is 5.97 Å². The summed E-state index contributed by atoms with van der Waals surface area (Å²) >= 11 is 0. The molecule has 0 aliphatic carbocycles. The fourth-order valence-corrected chi connectivity index (χ4v) is 2.55. The van der Waals surface area contributed by atoms with Crippen LogP contribution < -0.4 is 4.90 Å². The van der Waals surface area contributed by atoms with Gasteiger partial charge >= 0.3 is 5.97 Å². The number of anilines is 1. The van der Waals surface area contributed by atoms with Crippen LogP contribution in [0.5, 0.6) is 0 Å². The zero-order valence-electron chi connectivity index (χ0n) is 13.7. The number of nitrogens with zero attached hydrogens (tertiary/aromatic N) is 1. The highest BCUT2D eigenvalue weighted by Gasteiger charge is 2.24. The maximum Gasteiger partial charge on any atom is 0.338 e. The molecule has 3 rings (SSSR count). The second-order valence-corrected chi connectivity index (χ2v) is 5.34. The van der Waals surface area contributed by atoms with Crippen molar-refractivity contribution in [2.75, 3.05) is 12.0 Å². The number of carbonyl (C=O) groups excluding carboxylic acids is 2. The van der Waals surface area contributed by atoms with Crippen molar-refractivity contribution in [1.29, 1.82) is 0 Å². The molecule has 0 spiro atoms. The van der Waals surface area contributed by atoms with Crippen molar-refractivity contribution in [3.8, 4) is 0 Å². The number of carbonyl (C=O) groups is 2. The standard InChI is InChI=1S/C20H17NO4/c1-24-20(23)18-12-6-5-11-17(18)19(22)21(14-16-10-7-13-25-16)15-8-3-2-4-9-15/h2-13H,14H2,1H3. The number of methoxy groups -OCH3 is 1. The van der Waals surface area contributed by atoms with Crippen molar-refractivity contribution >= 4 is 17.6 Å². The van der Waals surface area contributed by atoms with Gasteiger partial charge in [0.25, 0.3) is 5.91 Å². The minimum Gasteiger partial charge on any atom is -0.467 e. The number of amides is 1. The molecule has 5 nitrogen and oxygen atoms in total. The molecule has 0 aliphatic heterocycles. The highest BCUT2D eigenvalue weighted by Crippen LogP contribution is 2.22. The fourth-order valence-electron chi connectivity index (χ4n) is 2.55. The molecule has 0 atom stereocenters. The van der Waals surface area contributed by atoms with Gasteiger partial charge in [-0.15, -0.1) is 0 Å². The number of furan rings is 1. The third kappa shape index (κ3) is 3.61. The Morgan fingerprint density at radius 3 is 2.24 bits per heavy atom. The van der Waals surface area contributed by atoms with Crippen LogP contribution in [-0.2, 0) is 11.3 Å². The van der Waals surface area contributed by atoms with E-state index in [0.717, 1.165) is 0 Å². The molecule has 0 unspecified atom stereocenters. The summed E-state index contributed by atoms with van der Waals surface area (Å²) < 4.78 is 10.2. The maximum absolute atomic E-state index is 13.2. The molecular weight excluding hydrogens is 318 g/mol. The lowest BCUT2D eigenvalue weighted by Gasteiger charge is -2.23. The van der Waals surface area contributed by atoms with Crippen LogP contribution in [0.2, 0.25) is 0 Å². The van der Waals surface area contributed by atoms with Crippen molar-refractivity contribution in [2.45, 2.75) is 6.54 Å². The Kier molecular flexibility index (Phi) is 4.95. The molecule has 0 bridgehead atoms. The molecule has 0 saturated carbocycles. The van der Waals surface area contributed by atoms with Crippen LogP contribution in [0.15, 0.2) is 77.4 Å². The largest absolute Gasteiger partial charge is 0.467 e.